The second-order valence-electron chi connectivity index (χ2n) is 4.68. The highest BCUT2D eigenvalue weighted by molar-refractivity contribution is 9.10. The summed E-state index contributed by atoms with van der Waals surface area (Å²) in [5, 5.41) is 2.08. The largest absolute Gasteiger partial charge is 0.331 e. The number of hydrogen-bond acceptors (Lipinski definition) is 2. The number of amides is 1. The van der Waals surface area contributed by atoms with Crippen molar-refractivity contribution in [2.75, 3.05) is 6.54 Å². The van der Waals surface area contributed by atoms with E-state index in [2.05, 4.69) is 33.4 Å². The number of rotatable bonds is 2. The summed E-state index contributed by atoms with van der Waals surface area (Å²) >= 11 is 5.16. The third kappa shape index (κ3) is 2.60. The van der Waals surface area contributed by atoms with Crippen LogP contribution in [0.5, 0.6) is 0 Å². The predicted molar refractivity (Wildman–Crippen MR) is 81.5 cm³/mol. The molecule has 0 saturated carbocycles. The molecule has 2 nitrogen and oxygen atoms in total. The molecular formula is C15H14BrNOS. The Hall–Kier alpha value is -1.13. The zero-order valence-corrected chi connectivity index (χ0v) is 12.8. The van der Waals surface area contributed by atoms with Crippen LogP contribution in [0.15, 0.2) is 46.3 Å². The molecule has 1 aliphatic heterocycles. The first-order chi connectivity index (χ1) is 9.25. The van der Waals surface area contributed by atoms with E-state index in [1.165, 1.54) is 4.88 Å². The molecule has 4 heteroatoms. The molecule has 19 heavy (non-hydrogen) atoms. The van der Waals surface area contributed by atoms with Gasteiger partial charge < -0.3 is 4.90 Å². The SMILES string of the molecule is O=C(c1cccc(Br)c1)N1CCC[C@@H]1c1cccs1. The van der Waals surface area contributed by atoms with Crippen LogP contribution >= 0.6 is 27.3 Å². The van der Waals surface area contributed by atoms with Crippen molar-refractivity contribution in [1.82, 2.24) is 4.90 Å². The lowest BCUT2D eigenvalue weighted by atomic mass is 10.1. The van der Waals surface area contributed by atoms with Gasteiger partial charge in [0.1, 0.15) is 0 Å². The average Bonchev–Trinajstić information content (AvgIpc) is 3.08. The Labute approximate surface area is 125 Å². The third-order valence-corrected chi connectivity index (χ3v) is 4.92. The first-order valence-corrected chi connectivity index (χ1v) is 8.03. The molecule has 98 valence electrons. The van der Waals surface area contributed by atoms with Gasteiger partial charge in [-0.05, 0) is 42.5 Å². The van der Waals surface area contributed by atoms with Crippen LogP contribution in [0.1, 0.15) is 34.1 Å². The van der Waals surface area contributed by atoms with Gasteiger partial charge in [0.2, 0.25) is 0 Å². The van der Waals surface area contributed by atoms with Crippen LogP contribution in [0, 0.1) is 0 Å². The summed E-state index contributed by atoms with van der Waals surface area (Å²) in [7, 11) is 0. The van der Waals surface area contributed by atoms with E-state index in [1.54, 1.807) is 11.3 Å². The Morgan fingerprint density at radius 1 is 1.32 bits per heavy atom. The smallest absolute Gasteiger partial charge is 0.254 e. The molecule has 1 aromatic heterocycles. The highest BCUT2D eigenvalue weighted by Gasteiger charge is 2.31. The Balaban J connectivity index is 1.87. The number of thiophene rings is 1. The molecule has 0 N–H and O–H groups in total. The first-order valence-electron chi connectivity index (χ1n) is 6.35. The highest BCUT2D eigenvalue weighted by Crippen LogP contribution is 2.35. The van der Waals surface area contributed by atoms with Crippen LogP contribution < -0.4 is 0 Å². The number of carbonyl (C=O) groups is 1. The van der Waals surface area contributed by atoms with E-state index in [9.17, 15) is 4.79 Å². The minimum atomic E-state index is 0.136. The third-order valence-electron chi connectivity index (χ3n) is 3.46. The van der Waals surface area contributed by atoms with Crippen LogP contribution in [-0.2, 0) is 0 Å². The maximum atomic E-state index is 12.6. The number of benzene rings is 1. The van der Waals surface area contributed by atoms with Crippen molar-refractivity contribution in [3.8, 4) is 0 Å². The number of halogens is 1. The lowest BCUT2D eigenvalue weighted by molar-refractivity contribution is 0.0738. The molecule has 0 aliphatic carbocycles. The van der Waals surface area contributed by atoms with Gasteiger partial charge in [0.25, 0.3) is 5.91 Å². The minimum Gasteiger partial charge on any atom is -0.331 e. The number of carbonyl (C=O) groups excluding carboxylic acids is 1. The highest BCUT2D eigenvalue weighted by atomic mass is 79.9. The van der Waals surface area contributed by atoms with Crippen molar-refractivity contribution >= 4 is 33.2 Å². The monoisotopic (exact) mass is 335 g/mol. The lowest BCUT2D eigenvalue weighted by Crippen LogP contribution is -2.30. The van der Waals surface area contributed by atoms with Crippen molar-refractivity contribution in [3.63, 3.8) is 0 Å². The van der Waals surface area contributed by atoms with Gasteiger partial charge in [0.05, 0.1) is 6.04 Å². The van der Waals surface area contributed by atoms with E-state index >= 15 is 0 Å². The van der Waals surface area contributed by atoms with Gasteiger partial charge in [-0.1, -0.05) is 28.1 Å². The molecule has 3 rings (SSSR count). The van der Waals surface area contributed by atoms with Crippen LogP contribution in [0.3, 0.4) is 0 Å². The van der Waals surface area contributed by atoms with Gasteiger partial charge in [-0.25, -0.2) is 0 Å². The Morgan fingerprint density at radius 2 is 2.21 bits per heavy atom. The summed E-state index contributed by atoms with van der Waals surface area (Å²) in [4.78, 5) is 15.9. The van der Waals surface area contributed by atoms with Crippen molar-refractivity contribution in [2.45, 2.75) is 18.9 Å². The normalized spacial score (nSPS) is 18.8. The molecule has 2 aromatic rings. The van der Waals surface area contributed by atoms with Crippen molar-refractivity contribution < 1.29 is 4.79 Å². The molecule has 2 heterocycles. The summed E-state index contributed by atoms with van der Waals surface area (Å²) in [6.07, 6.45) is 2.16. The number of likely N-dealkylation sites (tertiary alicyclic amines) is 1. The Kier molecular flexibility index (Phi) is 3.71. The number of hydrogen-bond donors (Lipinski definition) is 0. The van der Waals surface area contributed by atoms with E-state index < -0.39 is 0 Å². The molecule has 0 bridgehead atoms. The standard InChI is InChI=1S/C15H14BrNOS/c16-12-5-1-4-11(10-12)15(18)17-8-2-6-13(17)14-7-3-9-19-14/h1,3-5,7,9-10,13H,2,6,8H2/t13-/m1/s1. The molecule has 0 radical (unpaired) electrons. The van der Waals surface area contributed by atoms with Gasteiger partial charge in [0.15, 0.2) is 0 Å². The maximum absolute atomic E-state index is 12.6. The Morgan fingerprint density at radius 3 is 2.95 bits per heavy atom. The van der Waals surface area contributed by atoms with Crippen LogP contribution in [0.4, 0.5) is 0 Å². The van der Waals surface area contributed by atoms with Gasteiger partial charge in [-0.3, -0.25) is 4.79 Å². The van der Waals surface area contributed by atoms with Crippen LogP contribution in [0.2, 0.25) is 0 Å². The lowest BCUT2D eigenvalue weighted by Gasteiger charge is -2.24. The van der Waals surface area contributed by atoms with Crippen LogP contribution in [-0.4, -0.2) is 17.4 Å². The van der Waals surface area contributed by atoms with Gasteiger partial charge in [-0.2, -0.15) is 0 Å². The zero-order valence-electron chi connectivity index (χ0n) is 10.4. The minimum absolute atomic E-state index is 0.136. The zero-order chi connectivity index (χ0) is 13.2. The quantitative estimate of drug-likeness (QED) is 0.791. The topological polar surface area (TPSA) is 20.3 Å². The van der Waals surface area contributed by atoms with E-state index in [0.717, 1.165) is 29.4 Å². The van der Waals surface area contributed by atoms with Gasteiger partial charge in [0, 0.05) is 21.5 Å². The predicted octanol–water partition coefficient (Wildman–Crippen LogP) is 4.49. The summed E-state index contributed by atoms with van der Waals surface area (Å²) in [6.45, 7) is 0.855. The molecule has 0 spiro atoms. The van der Waals surface area contributed by atoms with E-state index in [1.807, 2.05) is 29.2 Å². The molecule has 1 aromatic carbocycles. The Bertz CT molecular complexity index is 582. The summed E-state index contributed by atoms with van der Waals surface area (Å²) in [5.41, 5.74) is 0.762. The van der Waals surface area contributed by atoms with E-state index in [4.69, 9.17) is 0 Å². The molecular weight excluding hydrogens is 322 g/mol. The molecule has 1 amide bonds. The summed E-state index contributed by atoms with van der Waals surface area (Å²) < 4.78 is 0.949. The van der Waals surface area contributed by atoms with Gasteiger partial charge in [-0.15, -0.1) is 11.3 Å². The van der Waals surface area contributed by atoms with Crippen molar-refractivity contribution in [3.05, 3.63) is 56.7 Å². The maximum Gasteiger partial charge on any atom is 0.254 e. The van der Waals surface area contributed by atoms with Crippen molar-refractivity contribution in [1.29, 1.82) is 0 Å². The molecule has 1 saturated heterocycles. The average molecular weight is 336 g/mol. The van der Waals surface area contributed by atoms with E-state index in [-0.39, 0.29) is 11.9 Å². The fourth-order valence-corrected chi connectivity index (χ4v) is 3.85. The molecule has 1 atom stereocenters. The van der Waals surface area contributed by atoms with E-state index in [0.29, 0.717) is 0 Å². The van der Waals surface area contributed by atoms with Gasteiger partial charge >= 0.3 is 0 Å². The number of nitrogens with zero attached hydrogens (tertiary/aromatic N) is 1. The summed E-state index contributed by atoms with van der Waals surface area (Å²) in [6, 6.07) is 12.1. The molecule has 0 unspecified atom stereocenters. The second-order valence-corrected chi connectivity index (χ2v) is 6.58. The van der Waals surface area contributed by atoms with Crippen molar-refractivity contribution in [2.24, 2.45) is 0 Å². The fourth-order valence-electron chi connectivity index (χ4n) is 2.57. The molecule has 1 aliphatic rings. The summed E-state index contributed by atoms with van der Waals surface area (Å²) in [5.74, 6) is 0.136. The second kappa shape index (κ2) is 5.47. The molecule has 1 fully saturated rings. The fraction of sp³-hybridized carbons (Fsp3) is 0.267. The van der Waals surface area contributed by atoms with Crippen LogP contribution in [0.25, 0.3) is 0 Å². The first kappa shape index (κ1) is 12.9.